The van der Waals surface area contributed by atoms with E-state index < -0.39 is 32.5 Å². The van der Waals surface area contributed by atoms with Gasteiger partial charge >= 0.3 is 6.09 Å². The molecule has 0 spiro atoms. The van der Waals surface area contributed by atoms with Crippen LogP contribution in [0, 0.1) is 0 Å². The first-order valence-electron chi connectivity index (χ1n) is 13.4. The monoisotopic (exact) mass is 566 g/mol. The minimum Gasteiger partial charge on any atom is -0.465 e. The summed E-state index contributed by atoms with van der Waals surface area (Å²) in [7, 11) is -2.03. The van der Waals surface area contributed by atoms with Crippen molar-refractivity contribution in [2.24, 2.45) is 0 Å². The lowest BCUT2D eigenvalue weighted by molar-refractivity contribution is -0.200. The van der Waals surface area contributed by atoms with E-state index in [0.717, 1.165) is 25.7 Å². The number of anilines is 1. The van der Waals surface area contributed by atoms with E-state index in [2.05, 4.69) is 43.9 Å². The number of fused-ring (bicyclic) bond motifs is 2. The Kier molecular flexibility index (Phi) is 7.10. The number of carboxylic acid groups (broad SMARTS) is 1. The Morgan fingerprint density at radius 1 is 1.26 bits per heavy atom. The summed E-state index contributed by atoms with van der Waals surface area (Å²) in [5, 5.41) is 15.6. The Hall–Kier alpha value is -1.76. The fourth-order valence-electron chi connectivity index (χ4n) is 5.47. The average Bonchev–Trinajstić information content (AvgIpc) is 3.56. The van der Waals surface area contributed by atoms with Crippen LogP contribution in [0.15, 0.2) is 12.3 Å². The second-order valence-electron chi connectivity index (χ2n) is 12.6. The number of aromatic nitrogens is 3. The van der Waals surface area contributed by atoms with Gasteiger partial charge in [0.15, 0.2) is 26.0 Å². The van der Waals surface area contributed by atoms with Gasteiger partial charge in [0, 0.05) is 12.1 Å². The van der Waals surface area contributed by atoms with Crippen molar-refractivity contribution in [3.63, 3.8) is 0 Å². The lowest BCUT2D eigenvalue weighted by atomic mass is 10.1. The molecule has 0 radical (unpaired) electrons. The van der Waals surface area contributed by atoms with Crippen LogP contribution in [0.4, 0.5) is 10.5 Å². The molecular formula is C26H39ClN4O6Si. The Balaban J connectivity index is 1.49. The van der Waals surface area contributed by atoms with E-state index >= 15 is 0 Å². The summed E-state index contributed by atoms with van der Waals surface area (Å²) >= 11 is 6.46. The van der Waals surface area contributed by atoms with Crippen LogP contribution < -0.4 is 4.90 Å². The molecule has 1 saturated carbocycles. The third kappa shape index (κ3) is 4.97. The molecular weight excluding hydrogens is 528 g/mol. The quantitative estimate of drug-likeness (QED) is 0.337. The topological polar surface area (TPSA) is 108 Å². The molecule has 1 aliphatic carbocycles. The van der Waals surface area contributed by atoms with Crippen LogP contribution in [-0.2, 0) is 18.6 Å². The highest BCUT2D eigenvalue weighted by molar-refractivity contribution is 6.74. The standard InChI is InChI=1S/C26H39ClN4O6Si/c1-25(2,3)38(6,7)34-14-18-20-21(37-26(4,5)36-20)23(35-18)31-22-16(13-28-31)17(12-19(27)29-22)30(24(32)33)15-10-8-9-11-15/h12-13,15,18,20-21,23H,8-11,14H2,1-7H3,(H,32,33)/t18-,20-,21-,23-/m1/s1. The van der Waals surface area contributed by atoms with E-state index in [1.54, 1.807) is 16.9 Å². The van der Waals surface area contributed by atoms with Gasteiger partial charge in [0.1, 0.15) is 23.5 Å². The van der Waals surface area contributed by atoms with Crippen molar-refractivity contribution in [3.05, 3.63) is 17.4 Å². The fraction of sp³-hybridized carbons (Fsp3) is 0.731. The van der Waals surface area contributed by atoms with Crippen LogP contribution >= 0.6 is 11.6 Å². The minimum absolute atomic E-state index is 0.0568. The molecule has 0 aromatic carbocycles. The summed E-state index contributed by atoms with van der Waals surface area (Å²) in [6.07, 6.45) is 2.44. The molecule has 0 bridgehead atoms. The molecule has 1 amide bonds. The number of pyridine rings is 1. The molecule has 4 atom stereocenters. The fourth-order valence-corrected chi connectivity index (χ4v) is 6.67. The second-order valence-corrected chi connectivity index (χ2v) is 17.8. The molecule has 0 unspecified atom stereocenters. The Morgan fingerprint density at radius 2 is 1.92 bits per heavy atom. The first-order chi connectivity index (χ1) is 17.7. The molecule has 12 heteroatoms. The van der Waals surface area contributed by atoms with Crippen LogP contribution in [-0.4, -0.2) is 71.0 Å². The van der Waals surface area contributed by atoms with Gasteiger partial charge in [-0.05, 0) is 44.8 Å². The van der Waals surface area contributed by atoms with Gasteiger partial charge in [0.05, 0.1) is 23.9 Å². The van der Waals surface area contributed by atoms with Gasteiger partial charge in [-0.25, -0.2) is 14.5 Å². The third-order valence-electron chi connectivity index (χ3n) is 8.45. The molecule has 2 aromatic rings. The number of ether oxygens (including phenoxy) is 3. The van der Waals surface area contributed by atoms with Gasteiger partial charge in [0.2, 0.25) is 0 Å². The Labute approximate surface area is 229 Å². The molecule has 5 rings (SSSR count). The molecule has 3 aliphatic rings. The third-order valence-corrected chi connectivity index (χ3v) is 13.1. The number of nitrogens with zero attached hydrogens (tertiary/aromatic N) is 4. The molecule has 2 saturated heterocycles. The normalized spacial score (nSPS) is 27.8. The summed E-state index contributed by atoms with van der Waals surface area (Å²) < 4.78 is 27.2. The van der Waals surface area contributed by atoms with Crippen LogP contribution in [0.2, 0.25) is 23.3 Å². The van der Waals surface area contributed by atoms with Gasteiger partial charge < -0.3 is 23.7 Å². The lowest BCUT2D eigenvalue weighted by Crippen LogP contribution is -2.44. The van der Waals surface area contributed by atoms with E-state index in [4.69, 9.17) is 30.2 Å². The largest absolute Gasteiger partial charge is 0.465 e. The molecule has 2 aromatic heterocycles. The van der Waals surface area contributed by atoms with Gasteiger partial charge in [-0.1, -0.05) is 45.2 Å². The summed E-state index contributed by atoms with van der Waals surface area (Å²) in [5.74, 6) is -0.797. The Morgan fingerprint density at radius 3 is 2.55 bits per heavy atom. The summed E-state index contributed by atoms with van der Waals surface area (Å²) in [4.78, 5) is 18.3. The van der Waals surface area contributed by atoms with Crippen molar-refractivity contribution in [1.82, 2.24) is 14.8 Å². The highest BCUT2D eigenvalue weighted by Crippen LogP contribution is 2.45. The number of hydrogen-bond acceptors (Lipinski definition) is 7. The smallest absolute Gasteiger partial charge is 0.412 e. The highest BCUT2D eigenvalue weighted by Gasteiger charge is 2.57. The zero-order valence-electron chi connectivity index (χ0n) is 23.2. The van der Waals surface area contributed by atoms with E-state index in [9.17, 15) is 9.90 Å². The van der Waals surface area contributed by atoms with E-state index in [1.807, 2.05) is 13.8 Å². The summed E-state index contributed by atoms with van der Waals surface area (Å²) in [6.45, 7) is 15.2. The molecule has 4 heterocycles. The minimum atomic E-state index is -2.03. The highest BCUT2D eigenvalue weighted by atomic mass is 35.5. The van der Waals surface area contributed by atoms with Crippen LogP contribution in [0.1, 0.15) is 66.5 Å². The average molecular weight is 567 g/mol. The van der Waals surface area contributed by atoms with Gasteiger partial charge in [-0.15, -0.1) is 0 Å². The molecule has 210 valence electrons. The zero-order chi connectivity index (χ0) is 27.6. The number of amides is 1. The number of carbonyl (C=O) groups is 1. The maximum atomic E-state index is 12.4. The lowest BCUT2D eigenvalue weighted by Gasteiger charge is -2.37. The van der Waals surface area contributed by atoms with Crippen molar-refractivity contribution in [2.75, 3.05) is 11.5 Å². The van der Waals surface area contributed by atoms with Crippen LogP contribution in [0.3, 0.4) is 0 Å². The number of rotatable bonds is 6. The van der Waals surface area contributed by atoms with Crippen molar-refractivity contribution in [2.45, 2.75) is 115 Å². The van der Waals surface area contributed by atoms with Crippen molar-refractivity contribution >= 4 is 42.7 Å². The summed E-state index contributed by atoms with van der Waals surface area (Å²) in [6, 6.07) is 1.50. The molecule has 1 N–H and O–H groups in total. The number of halogens is 1. The first kappa shape index (κ1) is 27.8. The number of hydrogen-bond donors (Lipinski definition) is 1. The van der Waals surface area contributed by atoms with Gasteiger partial charge in [-0.3, -0.25) is 4.90 Å². The van der Waals surface area contributed by atoms with Crippen LogP contribution in [0.25, 0.3) is 11.0 Å². The van der Waals surface area contributed by atoms with E-state index in [0.29, 0.717) is 23.3 Å². The maximum Gasteiger partial charge on any atom is 0.412 e. The molecule has 38 heavy (non-hydrogen) atoms. The van der Waals surface area contributed by atoms with Gasteiger partial charge in [0.25, 0.3) is 0 Å². The van der Waals surface area contributed by atoms with Crippen LogP contribution in [0.5, 0.6) is 0 Å². The maximum absolute atomic E-state index is 12.4. The zero-order valence-corrected chi connectivity index (χ0v) is 25.0. The molecule has 2 aliphatic heterocycles. The van der Waals surface area contributed by atoms with Crippen molar-refractivity contribution in [3.8, 4) is 0 Å². The van der Waals surface area contributed by atoms with Gasteiger partial charge in [-0.2, -0.15) is 5.10 Å². The van der Waals surface area contributed by atoms with Crippen molar-refractivity contribution < 1.29 is 28.5 Å². The SMILES string of the molecule is CC1(C)O[C@@H]2[C@H](O1)[C@@H](CO[Si](C)(C)C(C)(C)C)O[C@H]2n1ncc2c(N(C(=O)O)C3CCCC3)cc(Cl)nc21. The Bertz CT molecular complexity index is 1210. The predicted octanol–water partition coefficient (Wildman–Crippen LogP) is 5.95. The first-order valence-corrected chi connectivity index (χ1v) is 16.7. The van der Waals surface area contributed by atoms with E-state index in [1.165, 1.54) is 4.90 Å². The van der Waals surface area contributed by atoms with E-state index in [-0.39, 0.29) is 28.4 Å². The molecule has 3 fully saturated rings. The second kappa shape index (κ2) is 9.71. The van der Waals surface area contributed by atoms with Crippen molar-refractivity contribution in [1.29, 1.82) is 0 Å². The molecule has 10 nitrogen and oxygen atoms in total. The summed E-state index contributed by atoms with van der Waals surface area (Å²) in [5.41, 5.74) is 0.932. The predicted molar refractivity (Wildman–Crippen MR) is 146 cm³/mol.